The van der Waals surface area contributed by atoms with Gasteiger partial charge in [-0.1, -0.05) is 6.92 Å². The van der Waals surface area contributed by atoms with E-state index in [1.54, 1.807) is 0 Å². The van der Waals surface area contributed by atoms with Crippen molar-refractivity contribution in [2.75, 3.05) is 59.9 Å². The topological polar surface area (TPSA) is 73.0 Å². The molecule has 0 saturated carbocycles. The van der Waals surface area contributed by atoms with Crippen LogP contribution in [-0.4, -0.2) is 91.2 Å². The van der Waals surface area contributed by atoms with Crippen molar-refractivity contribution in [3.8, 4) is 0 Å². The van der Waals surface area contributed by atoms with Crippen LogP contribution in [-0.2, 0) is 4.79 Å². The molecule has 1 fully saturated rings. The first-order valence-corrected chi connectivity index (χ1v) is 7.99. The summed E-state index contributed by atoms with van der Waals surface area (Å²) in [7, 11) is 4.21. The Morgan fingerprint density at radius 3 is 2.14 bits per heavy atom. The number of nitrogens with zero attached hydrogens (tertiary/aromatic N) is 3. The van der Waals surface area contributed by atoms with Crippen molar-refractivity contribution in [2.45, 2.75) is 31.7 Å². The highest BCUT2D eigenvalue weighted by atomic mass is 16.4. The van der Waals surface area contributed by atoms with Crippen molar-refractivity contribution in [3.05, 3.63) is 0 Å². The van der Waals surface area contributed by atoms with Gasteiger partial charge in [0.2, 0.25) is 0 Å². The lowest BCUT2D eigenvalue weighted by Gasteiger charge is -2.35. The zero-order valence-corrected chi connectivity index (χ0v) is 13.8. The Bertz CT molecular complexity index is 317. The zero-order chi connectivity index (χ0) is 15.9. The van der Waals surface area contributed by atoms with Gasteiger partial charge in [-0.25, -0.2) is 0 Å². The standard InChI is InChI=1S/C15H32N4O2/c1-4-15(16,14(20)21)6-5-7-18-10-12-19(13-11-18)9-8-17(2)3/h4-13,16H2,1-3H3,(H,20,21). The largest absolute Gasteiger partial charge is 0.480 e. The minimum atomic E-state index is -1.05. The number of carboxylic acid groups (broad SMARTS) is 1. The van der Waals surface area contributed by atoms with Gasteiger partial charge in [0.15, 0.2) is 0 Å². The molecule has 0 bridgehead atoms. The van der Waals surface area contributed by atoms with Crippen LogP contribution in [0.3, 0.4) is 0 Å². The van der Waals surface area contributed by atoms with Gasteiger partial charge in [-0.2, -0.15) is 0 Å². The summed E-state index contributed by atoms with van der Waals surface area (Å²) < 4.78 is 0. The molecule has 1 aliphatic rings. The first-order valence-electron chi connectivity index (χ1n) is 7.99. The molecule has 0 amide bonds. The summed E-state index contributed by atoms with van der Waals surface area (Å²) in [6.07, 6.45) is 1.90. The van der Waals surface area contributed by atoms with E-state index in [4.69, 9.17) is 10.8 Å². The number of hydrogen-bond acceptors (Lipinski definition) is 5. The van der Waals surface area contributed by atoms with Gasteiger partial charge in [-0.15, -0.1) is 0 Å². The molecule has 1 atom stereocenters. The van der Waals surface area contributed by atoms with Crippen LogP contribution in [0.4, 0.5) is 0 Å². The Morgan fingerprint density at radius 1 is 1.19 bits per heavy atom. The van der Waals surface area contributed by atoms with Crippen molar-refractivity contribution in [2.24, 2.45) is 5.73 Å². The van der Waals surface area contributed by atoms with E-state index >= 15 is 0 Å². The number of aliphatic carboxylic acids is 1. The van der Waals surface area contributed by atoms with E-state index in [0.29, 0.717) is 12.8 Å². The first-order chi connectivity index (χ1) is 9.87. The van der Waals surface area contributed by atoms with Crippen LogP contribution in [0.2, 0.25) is 0 Å². The molecule has 0 aromatic rings. The Balaban J connectivity index is 2.20. The van der Waals surface area contributed by atoms with E-state index in [9.17, 15) is 4.79 Å². The number of likely N-dealkylation sites (N-methyl/N-ethyl adjacent to an activating group) is 1. The van der Waals surface area contributed by atoms with Gasteiger partial charge in [0.05, 0.1) is 0 Å². The van der Waals surface area contributed by atoms with Gasteiger partial charge in [0.1, 0.15) is 5.54 Å². The molecule has 1 saturated heterocycles. The minimum Gasteiger partial charge on any atom is -0.480 e. The van der Waals surface area contributed by atoms with E-state index in [1.807, 2.05) is 6.92 Å². The summed E-state index contributed by atoms with van der Waals surface area (Å²) in [5.74, 6) is -0.876. The van der Waals surface area contributed by atoms with E-state index in [1.165, 1.54) is 0 Å². The molecule has 6 nitrogen and oxygen atoms in total. The summed E-state index contributed by atoms with van der Waals surface area (Å²) in [5, 5.41) is 9.16. The normalized spacial score (nSPS) is 20.6. The molecule has 0 radical (unpaired) electrons. The average Bonchev–Trinajstić information content (AvgIpc) is 2.46. The van der Waals surface area contributed by atoms with Crippen LogP contribution in [0.25, 0.3) is 0 Å². The van der Waals surface area contributed by atoms with Crippen molar-refractivity contribution in [1.82, 2.24) is 14.7 Å². The molecule has 1 heterocycles. The maximum absolute atomic E-state index is 11.2. The smallest absolute Gasteiger partial charge is 0.323 e. The van der Waals surface area contributed by atoms with Gasteiger partial charge in [-0.05, 0) is 39.9 Å². The lowest BCUT2D eigenvalue weighted by Crippen LogP contribution is -2.50. The maximum atomic E-state index is 11.2. The summed E-state index contributed by atoms with van der Waals surface area (Å²) in [5.41, 5.74) is 4.87. The van der Waals surface area contributed by atoms with Crippen LogP contribution in [0.15, 0.2) is 0 Å². The van der Waals surface area contributed by atoms with Crippen molar-refractivity contribution in [3.63, 3.8) is 0 Å². The third kappa shape index (κ3) is 6.30. The van der Waals surface area contributed by atoms with Gasteiger partial charge < -0.3 is 20.6 Å². The molecule has 6 heteroatoms. The highest BCUT2D eigenvalue weighted by molar-refractivity contribution is 5.78. The molecule has 3 N–H and O–H groups in total. The molecular weight excluding hydrogens is 268 g/mol. The Kier molecular flexibility index (Phi) is 7.59. The Morgan fingerprint density at radius 2 is 1.71 bits per heavy atom. The quantitative estimate of drug-likeness (QED) is 0.631. The van der Waals surface area contributed by atoms with E-state index in [2.05, 4.69) is 28.8 Å². The monoisotopic (exact) mass is 300 g/mol. The lowest BCUT2D eigenvalue weighted by atomic mass is 9.92. The molecule has 124 valence electrons. The van der Waals surface area contributed by atoms with Crippen molar-refractivity contribution >= 4 is 5.97 Å². The molecule has 21 heavy (non-hydrogen) atoms. The molecule has 0 aliphatic carbocycles. The number of carboxylic acids is 1. The summed E-state index contributed by atoms with van der Waals surface area (Å²) in [6, 6.07) is 0. The highest BCUT2D eigenvalue weighted by Gasteiger charge is 2.31. The predicted molar refractivity (Wildman–Crippen MR) is 85.5 cm³/mol. The fourth-order valence-electron chi connectivity index (χ4n) is 2.63. The maximum Gasteiger partial charge on any atom is 0.323 e. The Hall–Kier alpha value is -0.690. The molecule has 1 aliphatic heterocycles. The second-order valence-electron chi connectivity index (χ2n) is 6.40. The number of nitrogens with two attached hydrogens (primary N) is 1. The summed E-state index contributed by atoms with van der Waals surface area (Å²) in [4.78, 5) is 18.3. The number of hydrogen-bond donors (Lipinski definition) is 2. The van der Waals surface area contributed by atoms with E-state index < -0.39 is 11.5 Å². The molecule has 0 aromatic heterocycles. The predicted octanol–water partition coefficient (Wildman–Crippen LogP) is 0.138. The molecule has 0 spiro atoms. The van der Waals surface area contributed by atoms with Gasteiger partial charge in [-0.3, -0.25) is 9.69 Å². The van der Waals surface area contributed by atoms with Crippen LogP contribution < -0.4 is 5.73 Å². The number of rotatable bonds is 9. The van der Waals surface area contributed by atoms with Crippen LogP contribution in [0.5, 0.6) is 0 Å². The van der Waals surface area contributed by atoms with Gasteiger partial charge in [0, 0.05) is 39.3 Å². The van der Waals surface area contributed by atoms with Crippen LogP contribution in [0.1, 0.15) is 26.2 Å². The first kappa shape index (κ1) is 18.4. The number of piperazine rings is 1. The summed E-state index contributed by atoms with van der Waals surface area (Å²) in [6.45, 7) is 9.38. The molecule has 0 aromatic carbocycles. The second-order valence-corrected chi connectivity index (χ2v) is 6.40. The van der Waals surface area contributed by atoms with E-state index in [-0.39, 0.29) is 0 Å². The molecule has 1 rings (SSSR count). The zero-order valence-electron chi connectivity index (χ0n) is 13.8. The van der Waals surface area contributed by atoms with Gasteiger partial charge >= 0.3 is 5.97 Å². The number of carbonyl (C=O) groups is 1. The fraction of sp³-hybridized carbons (Fsp3) is 0.933. The Labute approximate surface area is 128 Å². The van der Waals surface area contributed by atoms with Crippen molar-refractivity contribution in [1.29, 1.82) is 0 Å². The van der Waals surface area contributed by atoms with Gasteiger partial charge in [0.25, 0.3) is 0 Å². The lowest BCUT2D eigenvalue weighted by molar-refractivity contribution is -0.143. The highest BCUT2D eigenvalue weighted by Crippen LogP contribution is 2.15. The third-order valence-electron chi connectivity index (χ3n) is 4.48. The van der Waals surface area contributed by atoms with Crippen molar-refractivity contribution < 1.29 is 9.90 Å². The van der Waals surface area contributed by atoms with Crippen LogP contribution >= 0.6 is 0 Å². The average molecular weight is 300 g/mol. The summed E-state index contributed by atoms with van der Waals surface area (Å²) >= 11 is 0. The minimum absolute atomic E-state index is 0.487. The van der Waals surface area contributed by atoms with Crippen LogP contribution in [0, 0.1) is 0 Å². The fourth-order valence-corrected chi connectivity index (χ4v) is 2.63. The molecule has 1 unspecified atom stereocenters. The second kappa shape index (κ2) is 8.68. The SMILES string of the molecule is CCC(N)(CCCN1CCN(CCN(C)C)CC1)C(=O)O. The van der Waals surface area contributed by atoms with E-state index in [0.717, 1.165) is 52.2 Å². The third-order valence-corrected chi connectivity index (χ3v) is 4.48. The molecular formula is C15H32N4O2.